The molecule has 6 heteroatoms. The lowest BCUT2D eigenvalue weighted by molar-refractivity contribution is -0.121. The van der Waals surface area contributed by atoms with Crippen LogP contribution in [0.25, 0.3) is 0 Å². The molecule has 0 aliphatic carbocycles. The molecule has 1 aliphatic heterocycles. The molecule has 1 N–H and O–H groups in total. The van der Waals surface area contributed by atoms with Crippen molar-refractivity contribution in [3.63, 3.8) is 0 Å². The first-order chi connectivity index (χ1) is 11.6. The lowest BCUT2D eigenvalue weighted by Gasteiger charge is -2.28. The minimum Gasteiger partial charge on any atom is -0.497 e. The van der Waals surface area contributed by atoms with Crippen LogP contribution in [0.15, 0.2) is 42.5 Å². The summed E-state index contributed by atoms with van der Waals surface area (Å²) in [5.74, 6) is 0.889. The number of carbonyl (C=O) groups is 2. The monoisotopic (exact) mass is 326 g/mol. The average molecular weight is 326 g/mol. The smallest absolute Gasteiger partial charge is 0.265 e. The normalized spacial score (nSPS) is 13.1. The number of nitrogens with zero attached hydrogens (tertiary/aromatic N) is 1. The average Bonchev–Trinajstić information content (AvgIpc) is 2.61. The summed E-state index contributed by atoms with van der Waals surface area (Å²) in [5.41, 5.74) is 1.82. The van der Waals surface area contributed by atoms with Gasteiger partial charge in [0.05, 0.1) is 12.8 Å². The Bertz CT molecular complexity index is 788. The molecule has 0 radical (unpaired) electrons. The van der Waals surface area contributed by atoms with E-state index in [9.17, 15) is 9.59 Å². The van der Waals surface area contributed by atoms with Crippen LogP contribution in [0.4, 0.5) is 11.4 Å². The third kappa shape index (κ3) is 3.03. The highest BCUT2D eigenvalue weighted by Crippen LogP contribution is 2.34. The van der Waals surface area contributed by atoms with E-state index in [0.29, 0.717) is 35.0 Å². The van der Waals surface area contributed by atoms with Gasteiger partial charge < -0.3 is 19.7 Å². The highest BCUT2D eigenvalue weighted by Gasteiger charge is 2.24. The van der Waals surface area contributed by atoms with E-state index in [2.05, 4.69) is 5.32 Å². The van der Waals surface area contributed by atoms with Crippen molar-refractivity contribution in [2.24, 2.45) is 0 Å². The van der Waals surface area contributed by atoms with Gasteiger partial charge in [-0.25, -0.2) is 0 Å². The second-order valence-corrected chi connectivity index (χ2v) is 5.30. The topological polar surface area (TPSA) is 67.9 Å². The molecule has 2 aromatic carbocycles. The fraction of sp³-hybridized carbons (Fsp3) is 0.222. The van der Waals surface area contributed by atoms with Crippen LogP contribution < -0.4 is 19.7 Å². The predicted molar refractivity (Wildman–Crippen MR) is 90.9 cm³/mol. The van der Waals surface area contributed by atoms with Crippen molar-refractivity contribution in [3.8, 4) is 11.5 Å². The van der Waals surface area contributed by atoms with Crippen molar-refractivity contribution in [2.45, 2.75) is 6.92 Å². The zero-order valence-electron chi connectivity index (χ0n) is 13.5. The van der Waals surface area contributed by atoms with Crippen molar-refractivity contribution in [3.05, 3.63) is 48.0 Å². The van der Waals surface area contributed by atoms with Gasteiger partial charge in [0.1, 0.15) is 11.5 Å². The van der Waals surface area contributed by atoms with E-state index in [0.717, 1.165) is 0 Å². The molecular formula is C18H18N2O4. The molecular weight excluding hydrogens is 308 g/mol. The maximum absolute atomic E-state index is 12.4. The Morgan fingerprint density at radius 2 is 2.12 bits per heavy atom. The number of carbonyl (C=O) groups excluding carboxylic acids is 2. The predicted octanol–water partition coefficient (Wildman–Crippen LogP) is 2.69. The van der Waals surface area contributed by atoms with Gasteiger partial charge in [0.15, 0.2) is 6.61 Å². The summed E-state index contributed by atoms with van der Waals surface area (Å²) in [6.45, 7) is 2.49. The number of hydrogen-bond acceptors (Lipinski definition) is 4. The quantitative estimate of drug-likeness (QED) is 0.938. The molecule has 0 aromatic heterocycles. The number of fused-ring (bicyclic) bond motifs is 1. The first kappa shape index (κ1) is 15.9. The number of methoxy groups -OCH3 is 1. The zero-order chi connectivity index (χ0) is 17.1. The fourth-order valence-corrected chi connectivity index (χ4v) is 2.60. The molecule has 0 atom stereocenters. The highest BCUT2D eigenvalue weighted by atomic mass is 16.5. The van der Waals surface area contributed by atoms with Crippen LogP contribution in [0, 0.1) is 0 Å². The van der Waals surface area contributed by atoms with Gasteiger partial charge in [-0.05, 0) is 37.3 Å². The van der Waals surface area contributed by atoms with Gasteiger partial charge in [-0.1, -0.05) is 6.07 Å². The van der Waals surface area contributed by atoms with Gasteiger partial charge in [0.25, 0.3) is 11.8 Å². The molecule has 6 nitrogen and oxygen atoms in total. The molecule has 0 saturated carbocycles. The van der Waals surface area contributed by atoms with Gasteiger partial charge in [-0.3, -0.25) is 9.59 Å². The molecule has 3 rings (SSSR count). The number of nitrogens with one attached hydrogen (secondary N) is 1. The van der Waals surface area contributed by atoms with Gasteiger partial charge in [0.2, 0.25) is 0 Å². The molecule has 0 unspecified atom stereocenters. The zero-order valence-corrected chi connectivity index (χ0v) is 13.5. The first-order valence-electron chi connectivity index (χ1n) is 7.65. The molecule has 24 heavy (non-hydrogen) atoms. The number of amides is 2. The Kier molecular flexibility index (Phi) is 4.37. The van der Waals surface area contributed by atoms with Crippen molar-refractivity contribution in [1.29, 1.82) is 0 Å². The number of benzene rings is 2. The second kappa shape index (κ2) is 6.62. The molecule has 1 aliphatic rings. The van der Waals surface area contributed by atoms with Crippen LogP contribution in [-0.2, 0) is 4.79 Å². The van der Waals surface area contributed by atoms with Crippen molar-refractivity contribution in [1.82, 2.24) is 0 Å². The molecule has 1 heterocycles. The second-order valence-electron chi connectivity index (χ2n) is 5.30. The summed E-state index contributed by atoms with van der Waals surface area (Å²) in [6.07, 6.45) is 0. The highest BCUT2D eigenvalue weighted by molar-refractivity contribution is 6.05. The maximum atomic E-state index is 12.4. The Morgan fingerprint density at radius 1 is 1.29 bits per heavy atom. The molecule has 0 fully saturated rings. The Labute approximate surface area is 140 Å². The lowest BCUT2D eigenvalue weighted by Crippen LogP contribution is -2.38. The molecule has 2 aromatic rings. The summed E-state index contributed by atoms with van der Waals surface area (Å²) in [7, 11) is 1.55. The van der Waals surface area contributed by atoms with E-state index in [-0.39, 0.29) is 18.4 Å². The number of rotatable bonds is 4. The van der Waals surface area contributed by atoms with Crippen LogP contribution >= 0.6 is 0 Å². The Balaban J connectivity index is 1.81. The van der Waals surface area contributed by atoms with E-state index < -0.39 is 0 Å². The molecule has 0 saturated heterocycles. The van der Waals surface area contributed by atoms with E-state index in [1.165, 1.54) is 0 Å². The molecule has 0 spiro atoms. The molecule has 124 valence electrons. The summed E-state index contributed by atoms with van der Waals surface area (Å²) >= 11 is 0. The third-order valence-corrected chi connectivity index (χ3v) is 3.81. The summed E-state index contributed by atoms with van der Waals surface area (Å²) in [5, 5.41) is 2.83. The van der Waals surface area contributed by atoms with E-state index >= 15 is 0 Å². The number of anilines is 2. The largest absolute Gasteiger partial charge is 0.497 e. The van der Waals surface area contributed by atoms with Crippen LogP contribution in [0.1, 0.15) is 17.3 Å². The van der Waals surface area contributed by atoms with E-state index in [1.807, 2.05) is 6.92 Å². The van der Waals surface area contributed by atoms with E-state index in [4.69, 9.17) is 9.47 Å². The van der Waals surface area contributed by atoms with Gasteiger partial charge >= 0.3 is 0 Å². The van der Waals surface area contributed by atoms with Crippen molar-refractivity contribution < 1.29 is 19.1 Å². The summed E-state index contributed by atoms with van der Waals surface area (Å²) in [6, 6.07) is 12.2. The van der Waals surface area contributed by atoms with Crippen molar-refractivity contribution >= 4 is 23.2 Å². The SMILES string of the molecule is CCN1C(=O)COc2cc(NC(=O)c3cccc(OC)c3)ccc21. The molecule has 2 amide bonds. The van der Waals surface area contributed by atoms with Crippen LogP contribution in [0.3, 0.4) is 0 Å². The lowest BCUT2D eigenvalue weighted by atomic mass is 10.1. The van der Waals surface area contributed by atoms with Gasteiger partial charge in [-0.2, -0.15) is 0 Å². The number of likely N-dealkylation sites (N-methyl/N-ethyl adjacent to an activating group) is 1. The van der Waals surface area contributed by atoms with Crippen LogP contribution in [0.5, 0.6) is 11.5 Å². The summed E-state index contributed by atoms with van der Waals surface area (Å²) in [4.78, 5) is 25.8. The van der Waals surface area contributed by atoms with Gasteiger partial charge in [0, 0.05) is 23.9 Å². The standard InChI is InChI=1S/C18H18N2O4/c1-3-20-15-8-7-13(10-16(15)24-11-17(20)21)19-18(22)12-5-4-6-14(9-12)23-2/h4-10H,3,11H2,1-2H3,(H,19,22). The summed E-state index contributed by atoms with van der Waals surface area (Å²) < 4.78 is 10.6. The van der Waals surface area contributed by atoms with Crippen LogP contribution in [-0.4, -0.2) is 32.1 Å². The first-order valence-corrected chi connectivity index (χ1v) is 7.65. The van der Waals surface area contributed by atoms with Crippen LogP contribution in [0.2, 0.25) is 0 Å². The number of ether oxygens (including phenoxy) is 2. The minimum atomic E-state index is -0.243. The molecule has 0 bridgehead atoms. The maximum Gasteiger partial charge on any atom is 0.265 e. The minimum absolute atomic E-state index is 0.00806. The Hall–Kier alpha value is -3.02. The van der Waals surface area contributed by atoms with Crippen molar-refractivity contribution in [2.75, 3.05) is 30.5 Å². The van der Waals surface area contributed by atoms with Gasteiger partial charge in [-0.15, -0.1) is 0 Å². The number of hydrogen-bond donors (Lipinski definition) is 1. The third-order valence-electron chi connectivity index (χ3n) is 3.81. The Morgan fingerprint density at radius 3 is 2.88 bits per heavy atom. The van der Waals surface area contributed by atoms with E-state index in [1.54, 1.807) is 54.5 Å². The fourth-order valence-electron chi connectivity index (χ4n) is 2.60.